The Hall–Kier alpha value is -1.97. The van der Waals surface area contributed by atoms with Gasteiger partial charge in [0.15, 0.2) is 0 Å². The van der Waals surface area contributed by atoms with Crippen molar-refractivity contribution in [3.63, 3.8) is 0 Å². The lowest BCUT2D eigenvalue weighted by Crippen LogP contribution is -2.56. The Morgan fingerprint density at radius 1 is 1.17 bits per heavy atom. The van der Waals surface area contributed by atoms with E-state index in [9.17, 15) is 35.9 Å². The van der Waals surface area contributed by atoms with E-state index < -0.39 is 45.8 Å². The maximum atomic E-state index is 13.9. The molecule has 0 saturated heterocycles. The van der Waals surface area contributed by atoms with Crippen molar-refractivity contribution in [2.75, 3.05) is 10.2 Å². The lowest BCUT2D eigenvalue weighted by molar-refractivity contribution is -0.243. The van der Waals surface area contributed by atoms with Crippen LogP contribution in [0.2, 0.25) is 5.02 Å². The highest BCUT2D eigenvalue weighted by Crippen LogP contribution is 2.42. The second-order valence-corrected chi connectivity index (χ2v) is 5.10. The number of hydrogen-bond acceptors (Lipinski definition) is 2. The molecule has 0 heterocycles. The summed E-state index contributed by atoms with van der Waals surface area (Å²) in [5, 5.41) is 1.68. The minimum absolute atomic E-state index is 0.0516. The molecule has 11 heteroatoms. The fraction of sp³-hybridized carbons (Fsp3) is 0.385. The van der Waals surface area contributed by atoms with Crippen molar-refractivity contribution in [1.29, 1.82) is 0 Å². The predicted octanol–water partition coefficient (Wildman–Crippen LogP) is 4.14. The number of alkyl halides is 6. The van der Waals surface area contributed by atoms with Gasteiger partial charge in [-0.2, -0.15) is 22.0 Å². The number of benzene rings is 1. The summed E-state index contributed by atoms with van der Waals surface area (Å²) in [6, 6.07) is -2.49. The fourth-order valence-electron chi connectivity index (χ4n) is 1.82. The summed E-state index contributed by atoms with van der Waals surface area (Å²) < 4.78 is 77.9. The summed E-state index contributed by atoms with van der Waals surface area (Å²) in [5.74, 6) is -2.07. The molecule has 1 atom stereocenters. The first-order chi connectivity index (χ1) is 10.8. The SMILES string of the molecule is CC(=O)Nc1ccc(N(C(C)=O)C(F)(F)C(F)C(F)(F)F)c(Cl)c1. The van der Waals surface area contributed by atoms with Crippen LogP contribution in [-0.2, 0) is 9.59 Å². The normalized spacial score (nSPS) is 13.4. The van der Waals surface area contributed by atoms with E-state index in [4.69, 9.17) is 11.6 Å². The van der Waals surface area contributed by atoms with Crippen molar-refractivity contribution in [3.8, 4) is 0 Å². The van der Waals surface area contributed by atoms with Crippen LogP contribution in [0.3, 0.4) is 0 Å². The number of nitrogens with zero attached hydrogens (tertiary/aromatic N) is 1. The summed E-state index contributed by atoms with van der Waals surface area (Å²) in [6.07, 6.45) is -10.5. The molecule has 1 rings (SSSR count). The number of anilines is 2. The van der Waals surface area contributed by atoms with Crippen LogP contribution >= 0.6 is 11.6 Å². The number of carbonyl (C=O) groups excluding carboxylic acids is 2. The minimum Gasteiger partial charge on any atom is -0.326 e. The topological polar surface area (TPSA) is 49.4 Å². The molecule has 0 radical (unpaired) electrons. The van der Waals surface area contributed by atoms with Gasteiger partial charge in [0.05, 0.1) is 10.7 Å². The van der Waals surface area contributed by atoms with Gasteiger partial charge in [-0.25, -0.2) is 9.29 Å². The Morgan fingerprint density at radius 3 is 2.08 bits per heavy atom. The van der Waals surface area contributed by atoms with Gasteiger partial charge in [0.2, 0.25) is 11.8 Å². The summed E-state index contributed by atoms with van der Waals surface area (Å²) in [5.41, 5.74) is -0.786. The standard InChI is InChI=1S/C13H11ClF6N2O2/c1-6(23)21-8-3-4-10(9(14)5-8)22(7(2)24)13(19,20)11(15)12(16,17)18/h3-5,11H,1-2H3,(H,21,23). The molecule has 1 aromatic carbocycles. The van der Waals surface area contributed by atoms with Gasteiger partial charge in [-0.1, -0.05) is 11.6 Å². The molecule has 0 fully saturated rings. The molecule has 0 aromatic heterocycles. The molecule has 1 unspecified atom stereocenters. The highest BCUT2D eigenvalue weighted by Gasteiger charge is 2.61. The van der Waals surface area contributed by atoms with Crippen LogP contribution in [0.1, 0.15) is 13.8 Å². The first-order valence-corrected chi connectivity index (χ1v) is 6.62. The monoisotopic (exact) mass is 376 g/mol. The average molecular weight is 377 g/mol. The van der Waals surface area contributed by atoms with Crippen LogP contribution in [-0.4, -0.2) is 30.2 Å². The van der Waals surface area contributed by atoms with Crippen molar-refractivity contribution >= 4 is 34.8 Å². The molecule has 134 valence electrons. The molecule has 1 aromatic rings. The fourth-order valence-corrected chi connectivity index (χ4v) is 2.08. The number of rotatable bonds is 4. The van der Waals surface area contributed by atoms with Crippen LogP contribution in [0, 0.1) is 0 Å². The zero-order valence-corrected chi connectivity index (χ0v) is 13.0. The number of carbonyl (C=O) groups is 2. The molecule has 0 spiro atoms. The lowest BCUT2D eigenvalue weighted by Gasteiger charge is -2.33. The van der Waals surface area contributed by atoms with Gasteiger partial charge >= 0.3 is 12.2 Å². The quantitative estimate of drug-likeness (QED) is 0.634. The van der Waals surface area contributed by atoms with Crippen molar-refractivity contribution in [2.24, 2.45) is 0 Å². The third-order valence-electron chi connectivity index (χ3n) is 2.71. The van der Waals surface area contributed by atoms with E-state index in [1.54, 1.807) is 0 Å². The molecule has 4 nitrogen and oxygen atoms in total. The molecule has 2 amide bonds. The zero-order valence-electron chi connectivity index (χ0n) is 12.2. The second-order valence-electron chi connectivity index (χ2n) is 4.69. The summed E-state index contributed by atoms with van der Waals surface area (Å²) >= 11 is 5.69. The van der Waals surface area contributed by atoms with Crippen molar-refractivity contribution in [2.45, 2.75) is 32.2 Å². The van der Waals surface area contributed by atoms with Crippen LogP contribution in [0.25, 0.3) is 0 Å². The molecule has 1 N–H and O–H groups in total. The zero-order chi connectivity index (χ0) is 18.9. The minimum atomic E-state index is -5.89. The number of amides is 2. The Morgan fingerprint density at radius 2 is 1.71 bits per heavy atom. The largest absolute Gasteiger partial charge is 0.427 e. The first-order valence-electron chi connectivity index (χ1n) is 6.25. The molecular formula is C13H11ClF6N2O2. The smallest absolute Gasteiger partial charge is 0.326 e. The molecule has 0 aliphatic heterocycles. The molecule has 24 heavy (non-hydrogen) atoms. The number of halogens is 7. The van der Waals surface area contributed by atoms with Gasteiger partial charge in [-0.3, -0.25) is 9.59 Å². The van der Waals surface area contributed by atoms with Gasteiger partial charge in [0.25, 0.3) is 6.17 Å². The summed E-state index contributed by atoms with van der Waals surface area (Å²) in [7, 11) is 0. The van der Waals surface area contributed by atoms with Gasteiger partial charge in [-0.05, 0) is 18.2 Å². The van der Waals surface area contributed by atoms with Crippen LogP contribution in [0.15, 0.2) is 18.2 Å². The Labute approximate surface area is 137 Å². The maximum Gasteiger partial charge on any atom is 0.427 e. The highest BCUT2D eigenvalue weighted by atomic mass is 35.5. The Bertz CT molecular complexity index is 650. The highest BCUT2D eigenvalue weighted by molar-refractivity contribution is 6.34. The number of nitrogens with one attached hydrogen (secondary N) is 1. The van der Waals surface area contributed by atoms with Crippen molar-refractivity contribution in [1.82, 2.24) is 0 Å². The third-order valence-corrected chi connectivity index (χ3v) is 3.02. The Balaban J connectivity index is 3.36. The van der Waals surface area contributed by atoms with Crippen LogP contribution < -0.4 is 10.2 Å². The summed E-state index contributed by atoms with van der Waals surface area (Å²) in [4.78, 5) is 21.6. The number of hydrogen-bond donors (Lipinski definition) is 1. The van der Waals surface area contributed by atoms with E-state index >= 15 is 0 Å². The van der Waals surface area contributed by atoms with E-state index in [1.807, 2.05) is 0 Å². The van der Waals surface area contributed by atoms with Crippen molar-refractivity contribution < 1.29 is 35.9 Å². The van der Waals surface area contributed by atoms with Gasteiger partial charge in [-0.15, -0.1) is 0 Å². The van der Waals surface area contributed by atoms with E-state index in [2.05, 4.69) is 5.32 Å². The van der Waals surface area contributed by atoms with E-state index in [0.29, 0.717) is 6.92 Å². The lowest BCUT2D eigenvalue weighted by atomic mass is 10.2. The van der Waals surface area contributed by atoms with E-state index in [0.717, 1.165) is 25.1 Å². The Kier molecular flexibility index (Phi) is 5.75. The molecule has 0 aliphatic carbocycles. The second kappa shape index (κ2) is 6.88. The maximum absolute atomic E-state index is 13.9. The first kappa shape index (κ1) is 20.1. The average Bonchev–Trinajstić information content (AvgIpc) is 2.38. The summed E-state index contributed by atoms with van der Waals surface area (Å²) in [6.45, 7) is 1.68. The molecule has 0 saturated carbocycles. The third kappa shape index (κ3) is 4.31. The van der Waals surface area contributed by atoms with Gasteiger partial charge in [0.1, 0.15) is 0 Å². The molecular weight excluding hydrogens is 366 g/mol. The van der Waals surface area contributed by atoms with Crippen LogP contribution in [0.5, 0.6) is 0 Å². The molecule has 0 aliphatic rings. The predicted molar refractivity (Wildman–Crippen MR) is 74.8 cm³/mol. The van der Waals surface area contributed by atoms with E-state index in [1.165, 1.54) is 0 Å². The van der Waals surface area contributed by atoms with E-state index in [-0.39, 0.29) is 5.69 Å². The van der Waals surface area contributed by atoms with Crippen molar-refractivity contribution in [3.05, 3.63) is 23.2 Å². The van der Waals surface area contributed by atoms with Gasteiger partial charge < -0.3 is 5.32 Å². The van der Waals surface area contributed by atoms with Gasteiger partial charge in [0, 0.05) is 19.5 Å². The molecule has 0 bridgehead atoms. The van der Waals surface area contributed by atoms with Crippen LogP contribution in [0.4, 0.5) is 37.7 Å².